The first-order valence-electron chi connectivity index (χ1n) is 6.45. The monoisotopic (exact) mass is 342 g/mol. The third-order valence-electron chi connectivity index (χ3n) is 3.23. The molecule has 0 atom stereocenters. The molecule has 0 unspecified atom stereocenters. The third kappa shape index (κ3) is 4.10. The fourth-order valence-corrected chi connectivity index (χ4v) is 3.17. The molecule has 5 heteroatoms. The summed E-state index contributed by atoms with van der Waals surface area (Å²) in [7, 11) is 0. The average Bonchev–Trinajstić information content (AvgIpc) is 2.42. The zero-order valence-corrected chi connectivity index (χ0v) is 13.0. The maximum absolute atomic E-state index is 9.10. The molecule has 1 aromatic carbocycles. The number of rotatable bonds is 4. The van der Waals surface area contributed by atoms with E-state index in [9.17, 15) is 0 Å². The van der Waals surface area contributed by atoms with Gasteiger partial charge in [0.25, 0.3) is 0 Å². The van der Waals surface area contributed by atoms with Crippen molar-refractivity contribution in [2.24, 2.45) is 0 Å². The molecule has 1 saturated heterocycles. The highest BCUT2D eigenvalue weighted by atomic mass is 79.9. The number of likely N-dealkylation sites (tertiary alicyclic amines) is 1. The minimum atomic E-state index is 0.470. The van der Waals surface area contributed by atoms with Crippen LogP contribution in [-0.2, 0) is 0 Å². The van der Waals surface area contributed by atoms with Gasteiger partial charge < -0.3 is 4.74 Å². The summed E-state index contributed by atoms with van der Waals surface area (Å²) < 4.78 is 6.48. The molecule has 1 fully saturated rings. The van der Waals surface area contributed by atoms with Crippen molar-refractivity contribution in [3.05, 3.63) is 27.2 Å². The first-order valence-corrected chi connectivity index (χ1v) is 7.62. The van der Waals surface area contributed by atoms with E-state index in [0.717, 1.165) is 24.1 Å². The molecule has 1 aliphatic rings. The second-order valence-corrected chi connectivity index (χ2v) is 5.92. The molecular formula is C14H16BrClN2O. The van der Waals surface area contributed by atoms with Crippen molar-refractivity contribution in [1.82, 2.24) is 4.90 Å². The summed E-state index contributed by atoms with van der Waals surface area (Å²) in [5.74, 6) is 0.587. The molecule has 1 aromatic rings. The average molecular weight is 344 g/mol. The Labute approximate surface area is 127 Å². The van der Waals surface area contributed by atoms with Crippen molar-refractivity contribution < 1.29 is 4.74 Å². The molecule has 19 heavy (non-hydrogen) atoms. The quantitative estimate of drug-likeness (QED) is 0.833. The molecule has 3 nitrogen and oxygen atoms in total. The van der Waals surface area contributed by atoms with Crippen LogP contribution in [0.2, 0.25) is 5.02 Å². The van der Waals surface area contributed by atoms with E-state index in [2.05, 4.69) is 26.9 Å². The maximum Gasteiger partial charge on any atom is 0.151 e. The molecule has 0 aliphatic carbocycles. The van der Waals surface area contributed by atoms with E-state index in [-0.39, 0.29) is 0 Å². The molecule has 2 rings (SSSR count). The molecule has 0 bridgehead atoms. The highest BCUT2D eigenvalue weighted by Crippen LogP contribution is 2.32. The van der Waals surface area contributed by atoms with Gasteiger partial charge in [-0.05, 0) is 54.0 Å². The largest absolute Gasteiger partial charge is 0.490 e. The summed E-state index contributed by atoms with van der Waals surface area (Å²) in [5.41, 5.74) is 0.470. The molecule has 0 aromatic heterocycles. The van der Waals surface area contributed by atoms with Gasteiger partial charge in [-0.1, -0.05) is 18.0 Å². The van der Waals surface area contributed by atoms with Gasteiger partial charge in [-0.15, -0.1) is 0 Å². The van der Waals surface area contributed by atoms with Crippen LogP contribution in [0, 0.1) is 11.3 Å². The van der Waals surface area contributed by atoms with Gasteiger partial charge in [-0.2, -0.15) is 5.26 Å². The summed E-state index contributed by atoms with van der Waals surface area (Å²) in [6, 6.07) is 5.49. The lowest BCUT2D eigenvalue weighted by atomic mass is 10.1. The molecule has 102 valence electrons. The minimum Gasteiger partial charge on any atom is -0.490 e. The van der Waals surface area contributed by atoms with Crippen LogP contribution < -0.4 is 4.74 Å². The molecule has 0 spiro atoms. The van der Waals surface area contributed by atoms with Crippen LogP contribution in [0.1, 0.15) is 24.8 Å². The Bertz CT molecular complexity index is 481. The van der Waals surface area contributed by atoms with E-state index < -0.39 is 0 Å². The fraction of sp³-hybridized carbons (Fsp3) is 0.500. The van der Waals surface area contributed by atoms with Crippen molar-refractivity contribution in [3.8, 4) is 11.8 Å². The van der Waals surface area contributed by atoms with Crippen molar-refractivity contribution >= 4 is 27.5 Å². The Balaban J connectivity index is 1.93. The van der Waals surface area contributed by atoms with E-state index in [1.807, 2.05) is 0 Å². The van der Waals surface area contributed by atoms with Crippen molar-refractivity contribution in [1.29, 1.82) is 5.26 Å². The summed E-state index contributed by atoms with van der Waals surface area (Å²) in [6.07, 6.45) is 3.88. The van der Waals surface area contributed by atoms with E-state index in [1.54, 1.807) is 12.1 Å². The number of nitrogens with zero attached hydrogens (tertiary/aromatic N) is 2. The number of nitriles is 1. The van der Waals surface area contributed by atoms with Crippen LogP contribution in [-0.4, -0.2) is 31.1 Å². The Hall–Kier alpha value is -0.760. The Morgan fingerprint density at radius 2 is 2.05 bits per heavy atom. The van der Waals surface area contributed by atoms with Gasteiger partial charge in [-0.25, -0.2) is 0 Å². The highest BCUT2D eigenvalue weighted by molar-refractivity contribution is 9.10. The minimum absolute atomic E-state index is 0.470. The maximum atomic E-state index is 9.10. The fourth-order valence-electron chi connectivity index (χ4n) is 2.25. The number of ether oxygens (including phenoxy) is 1. The first kappa shape index (κ1) is 14.6. The SMILES string of the molecule is N#Cc1cc(Cl)cc(Br)c1OCCN1CCCCC1. The van der Waals surface area contributed by atoms with Gasteiger partial charge in [0.2, 0.25) is 0 Å². The second kappa shape index (κ2) is 7.14. The smallest absolute Gasteiger partial charge is 0.151 e. The molecular weight excluding hydrogens is 328 g/mol. The molecule has 0 saturated carbocycles. The lowest BCUT2D eigenvalue weighted by molar-refractivity contribution is 0.183. The number of benzene rings is 1. The number of hydrogen-bond acceptors (Lipinski definition) is 3. The molecule has 1 heterocycles. The number of halogens is 2. The van der Waals surface area contributed by atoms with E-state index in [1.165, 1.54) is 19.3 Å². The van der Waals surface area contributed by atoms with Crippen LogP contribution in [0.4, 0.5) is 0 Å². The molecule has 0 amide bonds. The van der Waals surface area contributed by atoms with E-state index >= 15 is 0 Å². The van der Waals surface area contributed by atoms with E-state index in [4.69, 9.17) is 21.6 Å². The van der Waals surface area contributed by atoms with Crippen molar-refractivity contribution in [2.75, 3.05) is 26.2 Å². The molecule has 0 radical (unpaired) electrons. The van der Waals surface area contributed by atoms with E-state index in [0.29, 0.717) is 22.9 Å². The summed E-state index contributed by atoms with van der Waals surface area (Å²) in [4.78, 5) is 2.40. The molecule has 0 N–H and O–H groups in total. The Kier molecular flexibility index (Phi) is 5.50. The Morgan fingerprint density at radius 1 is 1.32 bits per heavy atom. The predicted octanol–water partition coefficient (Wildman–Crippen LogP) is 3.84. The van der Waals surface area contributed by atoms with Crippen molar-refractivity contribution in [2.45, 2.75) is 19.3 Å². The number of hydrogen-bond donors (Lipinski definition) is 0. The van der Waals surface area contributed by atoms with Crippen LogP contribution in [0.25, 0.3) is 0 Å². The lowest BCUT2D eigenvalue weighted by Gasteiger charge is -2.26. The van der Waals surface area contributed by atoms with Gasteiger partial charge in [0.1, 0.15) is 12.7 Å². The second-order valence-electron chi connectivity index (χ2n) is 4.63. The van der Waals surface area contributed by atoms with Crippen LogP contribution in [0.15, 0.2) is 16.6 Å². The highest BCUT2D eigenvalue weighted by Gasteiger charge is 2.12. The van der Waals surface area contributed by atoms with Gasteiger partial charge in [-0.3, -0.25) is 4.90 Å². The summed E-state index contributed by atoms with van der Waals surface area (Å²) in [5, 5.41) is 9.63. The summed E-state index contributed by atoms with van der Waals surface area (Å²) in [6.45, 7) is 3.79. The zero-order valence-electron chi connectivity index (χ0n) is 10.7. The van der Waals surface area contributed by atoms with Crippen LogP contribution >= 0.6 is 27.5 Å². The summed E-state index contributed by atoms with van der Waals surface area (Å²) >= 11 is 9.30. The van der Waals surface area contributed by atoms with Gasteiger partial charge in [0.15, 0.2) is 5.75 Å². The standard InChI is InChI=1S/C14H16BrClN2O/c15-13-9-12(16)8-11(10-17)14(13)19-7-6-18-4-2-1-3-5-18/h8-9H,1-7H2. The normalized spacial score (nSPS) is 16.1. The van der Waals surface area contributed by atoms with Gasteiger partial charge in [0, 0.05) is 11.6 Å². The molecule has 1 aliphatic heterocycles. The first-order chi connectivity index (χ1) is 9.20. The van der Waals surface area contributed by atoms with Gasteiger partial charge >= 0.3 is 0 Å². The zero-order chi connectivity index (χ0) is 13.7. The third-order valence-corrected chi connectivity index (χ3v) is 4.04. The Morgan fingerprint density at radius 3 is 2.74 bits per heavy atom. The topological polar surface area (TPSA) is 36.3 Å². The van der Waals surface area contributed by atoms with Gasteiger partial charge in [0.05, 0.1) is 10.0 Å². The van der Waals surface area contributed by atoms with Crippen LogP contribution in [0.3, 0.4) is 0 Å². The van der Waals surface area contributed by atoms with Crippen LogP contribution in [0.5, 0.6) is 5.75 Å². The lowest BCUT2D eigenvalue weighted by Crippen LogP contribution is -2.33. The predicted molar refractivity (Wildman–Crippen MR) is 79.7 cm³/mol. The van der Waals surface area contributed by atoms with Crippen molar-refractivity contribution in [3.63, 3.8) is 0 Å². The number of piperidine rings is 1.